The molecule has 0 aliphatic heterocycles. The summed E-state index contributed by atoms with van der Waals surface area (Å²) < 4.78 is 41.3. The van der Waals surface area contributed by atoms with Crippen LogP contribution in [0.3, 0.4) is 0 Å². The molecule has 0 aromatic carbocycles. The van der Waals surface area contributed by atoms with E-state index in [9.17, 15) is 18.0 Å². The average molecular weight is 256 g/mol. The number of alkyl halides is 4. The lowest BCUT2D eigenvalue weighted by Gasteiger charge is -2.17. The molecule has 1 unspecified atom stereocenters. The number of aromatic nitrogens is 1. The van der Waals surface area contributed by atoms with Crippen molar-refractivity contribution in [3.8, 4) is 5.75 Å². The fourth-order valence-corrected chi connectivity index (χ4v) is 0.813. The first-order chi connectivity index (χ1) is 7.33. The largest absolute Gasteiger partial charge is 0.477 e. The Morgan fingerprint density at radius 3 is 2.56 bits per heavy atom. The molecular formula is C8H5ClF3NO3. The molecule has 1 heterocycles. The number of hydrogen-bond donors (Lipinski definition) is 1. The highest BCUT2D eigenvalue weighted by Gasteiger charge is 2.42. The van der Waals surface area contributed by atoms with Crippen molar-refractivity contribution in [3.05, 3.63) is 24.0 Å². The van der Waals surface area contributed by atoms with Gasteiger partial charge < -0.3 is 9.84 Å². The number of carboxylic acid groups (broad SMARTS) is 1. The molecule has 1 atom stereocenters. The van der Waals surface area contributed by atoms with Crippen molar-refractivity contribution >= 4 is 17.6 Å². The second-order valence-corrected chi connectivity index (χ2v) is 3.03. The third kappa shape index (κ3) is 2.99. The zero-order valence-corrected chi connectivity index (χ0v) is 8.29. The summed E-state index contributed by atoms with van der Waals surface area (Å²) in [5.41, 5.74) is -3.36. The Labute approximate surface area is 92.6 Å². The van der Waals surface area contributed by atoms with Crippen molar-refractivity contribution in [1.29, 1.82) is 0 Å². The molecule has 0 fully saturated rings. The van der Waals surface area contributed by atoms with Gasteiger partial charge in [-0.3, -0.25) is 0 Å². The molecule has 1 rings (SSSR count). The van der Waals surface area contributed by atoms with Gasteiger partial charge in [0.2, 0.25) is 0 Å². The molecule has 1 aromatic rings. The molecule has 0 saturated heterocycles. The molecule has 8 heteroatoms. The van der Waals surface area contributed by atoms with E-state index in [-0.39, 0.29) is 5.69 Å². The minimum atomic E-state index is -4.20. The first-order valence-corrected chi connectivity index (χ1v) is 4.31. The van der Waals surface area contributed by atoms with E-state index in [0.717, 1.165) is 18.3 Å². The minimum absolute atomic E-state index is 0.349. The molecule has 1 N–H and O–H groups in total. The predicted molar refractivity (Wildman–Crippen MR) is 47.5 cm³/mol. The summed E-state index contributed by atoms with van der Waals surface area (Å²) in [6, 6.07) is 1.86. The molecule has 88 valence electrons. The fourth-order valence-electron chi connectivity index (χ4n) is 0.769. The lowest BCUT2D eigenvalue weighted by atomic mass is 10.3. The molecule has 0 radical (unpaired) electrons. The minimum Gasteiger partial charge on any atom is -0.477 e. The monoisotopic (exact) mass is 255 g/mol. The highest BCUT2D eigenvalue weighted by atomic mass is 35.5. The van der Waals surface area contributed by atoms with Crippen LogP contribution in [0.2, 0.25) is 0 Å². The second kappa shape index (κ2) is 4.56. The number of halogens is 4. The van der Waals surface area contributed by atoms with Crippen molar-refractivity contribution < 1.29 is 27.8 Å². The highest BCUT2D eigenvalue weighted by molar-refractivity contribution is 6.20. The Hall–Kier alpha value is -1.50. The Balaban J connectivity index is 2.80. The van der Waals surface area contributed by atoms with E-state index in [4.69, 9.17) is 5.11 Å². The number of carbonyl (C=O) groups is 1. The lowest BCUT2D eigenvalue weighted by Crippen LogP contribution is -2.32. The van der Waals surface area contributed by atoms with E-state index >= 15 is 0 Å². The van der Waals surface area contributed by atoms with E-state index in [1.165, 1.54) is 0 Å². The molecule has 0 amide bonds. The van der Waals surface area contributed by atoms with E-state index < -0.39 is 23.5 Å². The number of nitrogens with zero attached hydrogens (tertiary/aromatic N) is 1. The average Bonchev–Trinajstić information content (AvgIpc) is 2.17. The topological polar surface area (TPSA) is 59.4 Å². The summed E-state index contributed by atoms with van der Waals surface area (Å²) in [6.07, 6.45) is -3.47. The summed E-state index contributed by atoms with van der Waals surface area (Å²) in [7, 11) is 0. The molecule has 0 aliphatic rings. The van der Waals surface area contributed by atoms with Crippen LogP contribution in [0.25, 0.3) is 0 Å². The SMILES string of the molecule is O=C(O)c1ccc(OC(F)(F)C(F)Cl)cn1. The van der Waals surface area contributed by atoms with Crippen LogP contribution in [0.1, 0.15) is 10.5 Å². The summed E-state index contributed by atoms with van der Waals surface area (Å²) >= 11 is 4.54. The highest BCUT2D eigenvalue weighted by Crippen LogP contribution is 2.28. The zero-order chi connectivity index (χ0) is 12.3. The molecule has 1 aromatic heterocycles. The van der Waals surface area contributed by atoms with Crippen LogP contribution < -0.4 is 4.74 Å². The van der Waals surface area contributed by atoms with Gasteiger partial charge in [0.15, 0.2) is 0 Å². The first kappa shape index (κ1) is 12.6. The Bertz CT molecular complexity index is 383. The fraction of sp³-hybridized carbons (Fsp3) is 0.250. The molecular weight excluding hydrogens is 251 g/mol. The van der Waals surface area contributed by atoms with Gasteiger partial charge in [-0.2, -0.15) is 8.78 Å². The standard InChI is InChI=1S/C8H5ClF3NO3/c9-7(10)8(11,12)16-4-1-2-5(6(14)15)13-3-4/h1-3,7H,(H,14,15). The number of carboxylic acids is 1. The van der Waals surface area contributed by atoms with Crippen molar-refractivity contribution in [2.24, 2.45) is 0 Å². The summed E-state index contributed by atoms with van der Waals surface area (Å²) in [6.45, 7) is 0. The zero-order valence-electron chi connectivity index (χ0n) is 7.53. The Morgan fingerprint density at radius 2 is 2.19 bits per heavy atom. The van der Waals surface area contributed by atoms with E-state index in [1.807, 2.05) is 0 Å². The van der Waals surface area contributed by atoms with Crippen LogP contribution in [-0.2, 0) is 0 Å². The molecule has 0 bridgehead atoms. The van der Waals surface area contributed by atoms with Gasteiger partial charge in [-0.1, -0.05) is 11.6 Å². The van der Waals surface area contributed by atoms with Gasteiger partial charge in [0.05, 0.1) is 6.20 Å². The summed E-state index contributed by atoms with van der Waals surface area (Å²) in [5, 5.41) is 8.46. The van der Waals surface area contributed by atoms with Crippen molar-refractivity contribution in [2.75, 3.05) is 0 Å². The third-order valence-electron chi connectivity index (χ3n) is 1.46. The van der Waals surface area contributed by atoms with Crippen LogP contribution in [0.5, 0.6) is 5.75 Å². The van der Waals surface area contributed by atoms with Crippen LogP contribution in [0.4, 0.5) is 13.2 Å². The number of aromatic carboxylic acids is 1. The van der Waals surface area contributed by atoms with Crippen LogP contribution in [0.15, 0.2) is 18.3 Å². The van der Waals surface area contributed by atoms with Gasteiger partial charge in [0, 0.05) is 0 Å². The van der Waals surface area contributed by atoms with E-state index in [1.54, 1.807) is 0 Å². The van der Waals surface area contributed by atoms with Crippen LogP contribution >= 0.6 is 11.6 Å². The quantitative estimate of drug-likeness (QED) is 0.839. The van der Waals surface area contributed by atoms with Gasteiger partial charge in [0.1, 0.15) is 11.4 Å². The van der Waals surface area contributed by atoms with Gasteiger partial charge >= 0.3 is 12.1 Å². The Morgan fingerprint density at radius 1 is 1.56 bits per heavy atom. The van der Waals surface area contributed by atoms with Gasteiger partial charge in [-0.05, 0) is 12.1 Å². The van der Waals surface area contributed by atoms with E-state index in [2.05, 4.69) is 21.3 Å². The third-order valence-corrected chi connectivity index (χ3v) is 1.72. The predicted octanol–water partition coefficient (Wildman–Crippen LogP) is 2.29. The first-order valence-electron chi connectivity index (χ1n) is 3.87. The smallest absolute Gasteiger partial charge is 0.444 e. The number of ether oxygens (including phenoxy) is 1. The molecule has 16 heavy (non-hydrogen) atoms. The molecule has 4 nitrogen and oxygen atoms in total. The second-order valence-electron chi connectivity index (χ2n) is 2.65. The summed E-state index contributed by atoms with van der Waals surface area (Å²) in [5.74, 6) is -1.81. The number of pyridine rings is 1. The Kier molecular flexibility index (Phi) is 3.58. The van der Waals surface area contributed by atoms with E-state index in [0.29, 0.717) is 0 Å². The summed E-state index contributed by atoms with van der Waals surface area (Å²) in [4.78, 5) is 13.7. The number of hydrogen-bond acceptors (Lipinski definition) is 3. The lowest BCUT2D eigenvalue weighted by molar-refractivity contribution is -0.199. The maximum Gasteiger partial charge on any atom is 0.444 e. The molecule has 0 aliphatic carbocycles. The van der Waals surface area contributed by atoms with Gasteiger partial charge in [0.25, 0.3) is 5.63 Å². The van der Waals surface area contributed by atoms with Crippen molar-refractivity contribution in [1.82, 2.24) is 4.98 Å². The van der Waals surface area contributed by atoms with Gasteiger partial charge in [-0.25, -0.2) is 14.2 Å². The van der Waals surface area contributed by atoms with Gasteiger partial charge in [-0.15, -0.1) is 0 Å². The van der Waals surface area contributed by atoms with Crippen LogP contribution in [0, 0.1) is 0 Å². The maximum atomic E-state index is 12.6. The number of rotatable bonds is 4. The molecule has 0 saturated carbocycles. The molecule has 0 spiro atoms. The van der Waals surface area contributed by atoms with Crippen LogP contribution in [-0.4, -0.2) is 27.8 Å². The normalized spacial score (nSPS) is 13.2. The van der Waals surface area contributed by atoms with Crippen molar-refractivity contribution in [2.45, 2.75) is 11.7 Å². The van der Waals surface area contributed by atoms with Crippen molar-refractivity contribution in [3.63, 3.8) is 0 Å². The maximum absolute atomic E-state index is 12.6.